The summed E-state index contributed by atoms with van der Waals surface area (Å²) >= 11 is 0. The van der Waals surface area contributed by atoms with Gasteiger partial charge in [-0.2, -0.15) is 5.26 Å². The molecule has 3 heteroatoms. The number of benzene rings is 1. The highest BCUT2D eigenvalue weighted by atomic mass is 19.1. The largest absolute Gasteiger partial charge is 0.443 e. The summed E-state index contributed by atoms with van der Waals surface area (Å²) in [5.41, 5.74) is 0.701. The zero-order valence-electron chi connectivity index (χ0n) is 6.08. The predicted octanol–water partition coefficient (Wildman–Crippen LogP) is 1.97. The molecule has 1 N–H and O–H groups in total. The molecule has 0 aliphatic heterocycles. The summed E-state index contributed by atoms with van der Waals surface area (Å²) in [5, 5.41) is 13.8. The van der Waals surface area contributed by atoms with Crippen LogP contribution in [0.1, 0.15) is 5.56 Å². The van der Waals surface area contributed by atoms with Gasteiger partial charge in [0, 0.05) is 0 Å². The second-order valence-corrected chi connectivity index (χ2v) is 1.85. The average Bonchev–Trinajstić information content (AvgIpc) is 1.97. The molecule has 0 atom stereocenters. The van der Waals surface area contributed by atoms with Gasteiger partial charge in [-0.15, -0.1) is 0 Å². The lowest BCUT2D eigenvalue weighted by Crippen LogP contribution is -1.76. The second-order valence-electron chi connectivity index (χ2n) is 1.85. The Hall–Kier alpha value is -1.56. The number of hydrogen-bond donors (Lipinski definition) is 1. The highest BCUT2D eigenvalue weighted by Crippen LogP contribution is 2.01. The normalized spacial score (nSPS) is 7.36. The molecule has 1 aromatic rings. The first-order valence-corrected chi connectivity index (χ1v) is 2.96. The maximum absolute atomic E-state index is 12.3. The zero-order valence-corrected chi connectivity index (χ0v) is 6.08. The maximum Gasteiger partial charge on any atom is 0.283 e. The number of aliphatic hydroxyl groups excluding tert-OH is 1. The van der Waals surface area contributed by atoms with Crippen molar-refractivity contribution in [3.05, 3.63) is 35.6 Å². The van der Waals surface area contributed by atoms with Crippen LogP contribution in [0.4, 0.5) is 4.39 Å². The van der Waals surface area contributed by atoms with Crippen LogP contribution >= 0.6 is 0 Å². The smallest absolute Gasteiger partial charge is 0.283 e. The number of rotatable bonds is 0. The third-order valence-corrected chi connectivity index (χ3v) is 1.08. The van der Waals surface area contributed by atoms with Crippen molar-refractivity contribution in [3.63, 3.8) is 0 Å². The van der Waals surface area contributed by atoms with Gasteiger partial charge in [0.1, 0.15) is 5.82 Å². The predicted molar refractivity (Wildman–Crippen MR) is 38.7 cm³/mol. The summed E-state index contributed by atoms with van der Waals surface area (Å²) in [6.45, 7) is 1.75. The SMILES string of the molecule is Cc1ccccc1F.N#CO. The molecule has 0 amide bonds. The highest BCUT2D eigenvalue weighted by Gasteiger charge is 1.88. The van der Waals surface area contributed by atoms with Gasteiger partial charge in [0.2, 0.25) is 0 Å². The number of nitriles is 1. The molecule has 2 nitrogen and oxygen atoms in total. The van der Waals surface area contributed by atoms with Gasteiger partial charge in [-0.05, 0) is 18.6 Å². The van der Waals surface area contributed by atoms with Crippen molar-refractivity contribution in [3.8, 4) is 6.26 Å². The minimum Gasteiger partial charge on any atom is -0.443 e. The first-order valence-electron chi connectivity index (χ1n) is 2.96. The molecule has 0 spiro atoms. The first kappa shape index (κ1) is 9.44. The Morgan fingerprint density at radius 2 is 1.91 bits per heavy atom. The molecular weight excluding hydrogens is 145 g/mol. The lowest BCUT2D eigenvalue weighted by atomic mass is 10.2. The van der Waals surface area contributed by atoms with E-state index in [-0.39, 0.29) is 5.82 Å². The summed E-state index contributed by atoms with van der Waals surface area (Å²) in [6, 6.07) is 6.70. The van der Waals surface area contributed by atoms with Crippen molar-refractivity contribution in [2.75, 3.05) is 0 Å². The van der Waals surface area contributed by atoms with Crippen LogP contribution in [0.15, 0.2) is 24.3 Å². The first-order chi connectivity index (χ1) is 5.22. The number of halogens is 1. The summed E-state index contributed by atoms with van der Waals surface area (Å²) < 4.78 is 12.3. The second kappa shape index (κ2) is 5.24. The lowest BCUT2D eigenvalue weighted by Gasteiger charge is -1.89. The molecule has 0 aromatic heterocycles. The standard InChI is InChI=1S/C7H7F.CHNO/c1-6-4-2-3-5-7(6)8;2-1-3/h2-5H,1H3;3H. The number of nitrogens with zero attached hydrogens (tertiary/aromatic N) is 1. The number of aryl methyl sites for hydroxylation is 1. The van der Waals surface area contributed by atoms with Gasteiger partial charge in [-0.3, -0.25) is 0 Å². The Morgan fingerprint density at radius 3 is 2.18 bits per heavy atom. The van der Waals surface area contributed by atoms with Crippen molar-refractivity contribution in [2.24, 2.45) is 0 Å². The van der Waals surface area contributed by atoms with Crippen LogP contribution in [0, 0.1) is 24.3 Å². The van der Waals surface area contributed by atoms with E-state index in [1.807, 2.05) is 6.07 Å². The van der Waals surface area contributed by atoms with Gasteiger partial charge < -0.3 is 5.11 Å². The lowest BCUT2D eigenvalue weighted by molar-refractivity contribution is 0.503. The zero-order chi connectivity index (χ0) is 8.69. The molecule has 0 radical (unpaired) electrons. The van der Waals surface area contributed by atoms with Crippen molar-refractivity contribution in [1.82, 2.24) is 0 Å². The van der Waals surface area contributed by atoms with Crippen LogP contribution in [0.2, 0.25) is 0 Å². The molecule has 0 bridgehead atoms. The van der Waals surface area contributed by atoms with Gasteiger partial charge in [-0.1, -0.05) is 18.2 Å². The number of aliphatic hydroxyl groups is 1. The third kappa shape index (κ3) is 3.93. The van der Waals surface area contributed by atoms with Crippen molar-refractivity contribution < 1.29 is 9.50 Å². The third-order valence-electron chi connectivity index (χ3n) is 1.08. The van der Waals surface area contributed by atoms with Crippen molar-refractivity contribution >= 4 is 0 Å². The van der Waals surface area contributed by atoms with Crippen molar-refractivity contribution in [2.45, 2.75) is 6.92 Å². The summed E-state index contributed by atoms with van der Waals surface area (Å²) in [5.74, 6) is -0.132. The maximum atomic E-state index is 12.3. The molecule has 0 saturated carbocycles. The summed E-state index contributed by atoms with van der Waals surface area (Å²) in [4.78, 5) is 0. The fraction of sp³-hybridized carbons (Fsp3) is 0.125. The Balaban J connectivity index is 0.000000292. The van der Waals surface area contributed by atoms with E-state index in [0.717, 1.165) is 6.26 Å². The molecule has 0 aliphatic carbocycles. The summed E-state index contributed by atoms with van der Waals surface area (Å²) in [6.07, 6.45) is 0.750. The molecule has 0 fully saturated rings. The number of hydrogen-bond acceptors (Lipinski definition) is 2. The van der Waals surface area contributed by atoms with Gasteiger partial charge in [-0.25, -0.2) is 4.39 Å². The van der Waals surface area contributed by atoms with Gasteiger partial charge in [0.15, 0.2) is 0 Å². The summed E-state index contributed by atoms with van der Waals surface area (Å²) in [7, 11) is 0. The molecule has 11 heavy (non-hydrogen) atoms. The molecule has 1 aromatic carbocycles. The fourth-order valence-electron chi connectivity index (χ4n) is 0.551. The molecule has 0 aliphatic rings. The van der Waals surface area contributed by atoms with E-state index in [9.17, 15) is 4.39 Å². The molecule has 0 unspecified atom stereocenters. The van der Waals surface area contributed by atoms with Crippen LogP contribution in [-0.2, 0) is 0 Å². The van der Waals surface area contributed by atoms with E-state index in [2.05, 4.69) is 0 Å². The molecular formula is C8H8FNO. The van der Waals surface area contributed by atoms with Crippen molar-refractivity contribution in [1.29, 1.82) is 5.26 Å². The Labute approximate surface area is 64.5 Å². The van der Waals surface area contributed by atoms with E-state index in [1.54, 1.807) is 19.1 Å². The van der Waals surface area contributed by atoms with Crippen LogP contribution in [0.25, 0.3) is 0 Å². The Morgan fingerprint density at radius 1 is 1.45 bits per heavy atom. The van der Waals surface area contributed by atoms with Crippen LogP contribution < -0.4 is 0 Å². The van der Waals surface area contributed by atoms with E-state index in [4.69, 9.17) is 10.4 Å². The molecule has 58 valence electrons. The van der Waals surface area contributed by atoms with E-state index < -0.39 is 0 Å². The van der Waals surface area contributed by atoms with E-state index in [0.29, 0.717) is 5.56 Å². The van der Waals surface area contributed by atoms with Crippen LogP contribution in [0.5, 0.6) is 0 Å². The average molecular weight is 153 g/mol. The van der Waals surface area contributed by atoms with Crippen LogP contribution in [-0.4, -0.2) is 5.11 Å². The quantitative estimate of drug-likeness (QED) is 0.579. The van der Waals surface area contributed by atoms with Gasteiger partial charge in [0.25, 0.3) is 6.26 Å². The fourth-order valence-corrected chi connectivity index (χ4v) is 0.551. The topological polar surface area (TPSA) is 44.0 Å². The van der Waals surface area contributed by atoms with E-state index >= 15 is 0 Å². The molecule has 0 heterocycles. The molecule has 1 rings (SSSR count). The van der Waals surface area contributed by atoms with Crippen LogP contribution in [0.3, 0.4) is 0 Å². The van der Waals surface area contributed by atoms with Gasteiger partial charge in [0.05, 0.1) is 0 Å². The highest BCUT2D eigenvalue weighted by molar-refractivity contribution is 5.14. The minimum absolute atomic E-state index is 0.132. The Bertz CT molecular complexity index is 234. The van der Waals surface area contributed by atoms with E-state index in [1.165, 1.54) is 6.07 Å². The monoisotopic (exact) mass is 153 g/mol. The Kier molecular flexibility index (Phi) is 4.50. The minimum atomic E-state index is -0.132. The molecule has 0 saturated heterocycles. The van der Waals surface area contributed by atoms with Gasteiger partial charge >= 0.3 is 0 Å².